The Balaban J connectivity index is 1.84. The maximum absolute atomic E-state index is 12.7. The van der Waals surface area contributed by atoms with Crippen LogP contribution in [0.1, 0.15) is 10.4 Å². The molecule has 3 aromatic rings. The van der Waals surface area contributed by atoms with Gasteiger partial charge in [0.05, 0.1) is 25.5 Å². The molecule has 1 aromatic carbocycles. The minimum absolute atomic E-state index is 0.0405. The van der Waals surface area contributed by atoms with Gasteiger partial charge in [-0.2, -0.15) is 8.78 Å². The van der Waals surface area contributed by atoms with Crippen molar-refractivity contribution >= 4 is 34.1 Å². The molecule has 0 aliphatic rings. The number of thiazole rings is 1. The van der Waals surface area contributed by atoms with Gasteiger partial charge in [-0.25, -0.2) is 9.97 Å². The van der Waals surface area contributed by atoms with Gasteiger partial charge in [0.2, 0.25) is 0 Å². The van der Waals surface area contributed by atoms with Gasteiger partial charge in [0, 0.05) is 17.1 Å². The maximum atomic E-state index is 12.7. The number of carbonyl (C=O) groups is 1. The monoisotopic (exact) mass is 423 g/mol. The number of hydrogen-bond acceptors (Lipinski definition) is 7. The topological polar surface area (TPSA) is 73.3 Å². The molecular weight excluding hydrogens is 408 g/mol. The van der Waals surface area contributed by atoms with Crippen molar-refractivity contribution in [3.63, 3.8) is 0 Å². The molecule has 146 valence electrons. The zero-order valence-corrected chi connectivity index (χ0v) is 16.4. The van der Waals surface area contributed by atoms with Crippen molar-refractivity contribution in [2.75, 3.05) is 19.5 Å². The Kier molecular flexibility index (Phi) is 6.42. The lowest BCUT2D eigenvalue weighted by Crippen LogP contribution is -2.13. The summed E-state index contributed by atoms with van der Waals surface area (Å²) >= 11 is 1.43. The number of nitrogens with one attached hydrogen (secondary N) is 1. The van der Waals surface area contributed by atoms with E-state index >= 15 is 0 Å². The Labute approximate surface area is 167 Å². The van der Waals surface area contributed by atoms with Gasteiger partial charge in [-0.05, 0) is 42.1 Å². The minimum Gasteiger partial charge on any atom is -0.497 e. The van der Waals surface area contributed by atoms with Crippen molar-refractivity contribution in [1.82, 2.24) is 9.97 Å². The molecule has 6 nitrogen and oxygen atoms in total. The van der Waals surface area contributed by atoms with E-state index in [-0.39, 0.29) is 22.4 Å². The van der Waals surface area contributed by atoms with Gasteiger partial charge in [0.1, 0.15) is 16.5 Å². The second-order valence-electron chi connectivity index (χ2n) is 5.29. The molecule has 10 heteroatoms. The summed E-state index contributed by atoms with van der Waals surface area (Å²) in [6, 6.07) is 8.25. The Hall–Kier alpha value is -2.72. The number of thioether (sulfide) groups is 1. The molecule has 0 unspecified atom stereocenters. The highest BCUT2D eigenvalue weighted by Crippen LogP contribution is 2.35. The fourth-order valence-corrected chi connectivity index (χ4v) is 3.66. The van der Waals surface area contributed by atoms with Crippen LogP contribution in [0.3, 0.4) is 0 Å². The van der Waals surface area contributed by atoms with E-state index in [1.165, 1.54) is 29.7 Å². The van der Waals surface area contributed by atoms with E-state index in [0.29, 0.717) is 27.9 Å². The molecule has 0 aliphatic carbocycles. The van der Waals surface area contributed by atoms with Crippen molar-refractivity contribution in [3.05, 3.63) is 47.5 Å². The zero-order chi connectivity index (χ0) is 20.1. The average Bonchev–Trinajstić information content (AvgIpc) is 3.15. The van der Waals surface area contributed by atoms with Crippen LogP contribution in [-0.2, 0) is 0 Å². The van der Waals surface area contributed by atoms with Crippen LogP contribution in [0.4, 0.5) is 13.9 Å². The van der Waals surface area contributed by atoms with E-state index in [1.54, 1.807) is 37.8 Å². The number of alkyl halides is 2. The number of hydrogen-bond donors (Lipinski definition) is 1. The predicted molar refractivity (Wildman–Crippen MR) is 105 cm³/mol. The first-order valence-corrected chi connectivity index (χ1v) is 9.67. The van der Waals surface area contributed by atoms with Crippen LogP contribution in [0.5, 0.6) is 11.5 Å². The molecule has 0 fully saturated rings. The molecule has 1 N–H and O–H groups in total. The smallest absolute Gasteiger partial charge is 0.290 e. The van der Waals surface area contributed by atoms with Crippen LogP contribution in [0, 0.1) is 0 Å². The second-order valence-corrected chi connectivity index (χ2v) is 7.13. The van der Waals surface area contributed by atoms with Gasteiger partial charge >= 0.3 is 0 Å². The lowest BCUT2D eigenvalue weighted by atomic mass is 10.1. The molecule has 2 aromatic heterocycles. The summed E-state index contributed by atoms with van der Waals surface area (Å²) in [5.41, 5.74) is 1.35. The number of pyridine rings is 1. The zero-order valence-electron chi connectivity index (χ0n) is 14.8. The van der Waals surface area contributed by atoms with Gasteiger partial charge in [-0.1, -0.05) is 0 Å². The van der Waals surface area contributed by atoms with Crippen molar-refractivity contribution in [3.8, 4) is 22.8 Å². The van der Waals surface area contributed by atoms with Gasteiger partial charge < -0.3 is 9.47 Å². The van der Waals surface area contributed by atoms with Gasteiger partial charge in [0.25, 0.3) is 11.7 Å². The lowest BCUT2D eigenvalue weighted by molar-refractivity contribution is 0.102. The summed E-state index contributed by atoms with van der Waals surface area (Å²) < 4.78 is 35.9. The normalized spacial score (nSPS) is 10.8. The molecule has 0 radical (unpaired) electrons. The Morgan fingerprint density at radius 3 is 2.79 bits per heavy atom. The maximum Gasteiger partial charge on any atom is 0.290 e. The fraction of sp³-hybridized carbons (Fsp3) is 0.167. The molecular formula is C18H15F2N3O3S2. The fourth-order valence-electron chi connectivity index (χ4n) is 2.38. The van der Waals surface area contributed by atoms with Gasteiger partial charge in [0.15, 0.2) is 5.13 Å². The SMILES string of the molecule is COc1ccc(OC)c(-c2csc(NC(=O)c3cccnc3SC(F)F)n2)c1. The van der Waals surface area contributed by atoms with Crippen LogP contribution in [0.25, 0.3) is 11.3 Å². The Morgan fingerprint density at radius 2 is 2.07 bits per heavy atom. The molecule has 0 saturated carbocycles. The third kappa shape index (κ3) is 4.57. The number of methoxy groups -OCH3 is 2. The Bertz CT molecular complexity index is 982. The van der Waals surface area contributed by atoms with E-state index in [4.69, 9.17) is 9.47 Å². The average molecular weight is 423 g/mol. The molecule has 0 aliphatic heterocycles. The van der Waals surface area contributed by atoms with E-state index in [1.807, 2.05) is 0 Å². The molecule has 2 heterocycles. The number of halogens is 2. The number of anilines is 1. The third-order valence-electron chi connectivity index (χ3n) is 3.62. The highest BCUT2D eigenvalue weighted by molar-refractivity contribution is 7.99. The van der Waals surface area contributed by atoms with E-state index in [9.17, 15) is 13.6 Å². The van der Waals surface area contributed by atoms with E-state index in [2.05, 4.69) is 15.3 Å². The van der Waals surface area contributed by atoms with Crippen molar-refractivity contribution in [2.24, 2.45) is 0 Å². The number of ether oxygens (including phenoxy) is 2. The quantitative estimate of drug-likeness (QED) is 0.551. The van der Waals surface area contributed by atoms with E-state index in [0.717, 1.165) is 0 Å². The number of benzene rings is 1. The standard InChI is InChI=1S/C18H15F2N3O3S2/c1-25-10-5-6-14(26-2)12(8-10)13-9-27-18(22-13)23-15(24)11-4-3-7-21-16(11)28-17(19)20/h3-9,17H,1-2H3,(H,22,23,24). The lowest BCUT2D eigenvalue weighted by Gasteiger charge is -2.08. The van der Waals surface area contributed by atoms with Crippen molar-refractivity contribution < 1.29 is 23.0 Å². The number of aromatic nitrogens is 2. The Morgan fingerprint density at radius 1 is 1.25 bits per heavy atom. The summed E-state index contributed by atoms with van der Waals surface area (Å²) in [5, 5.41) is 4.66. The molecule has 0 saturated heterocycles. The number of nitrogens with zero attached hydrogens (tertiary/aromatic N) is 2. The number of carbonyl (C=O) groups excluding carboxylic acids is 1. The van der Waals surface area contributed by atoms with Crippen LogP contribution in [-0.4, -0.2) is 35.9 Å². The summed E-state index contributed by atoms with van der Waals surface area (Å²) in [5.74, 6) is -1.99. The molecule has 28 heavy (non-hydrogen) atoms. The van der Waals surface area contributed by atoms with Crippen LogP contribution >= 0.6 is 23.1 Å². The first-order chi connectivity index (χ1) is 13.5. The summed E-state index contributed by atoms with van der Waals surface area (Å²) in [6.07, 6.45) is 1.36. The molecule has 0 bridgehead atoms. The van der Waals surface area contributed by atoms with E-state index < -0.39 is 11.7 Å². The molecule has 1 amide bonds. The largest absolute Gasteiger partial charge is 0.497 e. The van der Waals surface area contributed by atoms with Crippen LogP contribution in [0.2, 0.25) is 0 Å². The predicted octanol–water partition coefficient (Wildman–Crippen LogP) is 4.79. The summed E-state index contributed by atoms with van der Waals surface area (Å²) in [4.78, 5) is 20.7. The highest BCUT2D eigenvalue weighted by Gasteiger charge is 2.18. The van der Waals surface area contributed by atoms with Gasteiger partial charge in [-0.3, -0.25) is 10.1 Å². The van der Waals surface area contributed by atoms with Crippen LogP contribution < -0.4 is 14.8 Å². The number of amides is 1. The molecule has 0 atom stereocenters. The molecule has 3 rings (SSSR count). The summed E-state index contributed by atoms with van der Waals surface area (Å²) in [7, 11) is 3.10. The first-order valence-electron chi connectivity index (χ1n) is 7.91. The second kappa shape index (κ2) is 8.98. The number of rotatable bonds is 7. The van der Waals surface area contributed by atoms with Crippen molar-refractivity contribution in [2.45, 2.75) is 10.8 Å². The molecule has 0 spiro atoms. The van der Waals surface area contributed by atoms with Gasteiger partial charge in [-0.15, -0.1) is 11.3 Å². The summed E-state index contributed by atoms with van der Waals surface area (Å²) in [6.45, 7) is 0. The minimum atomic E-state index is -2.67. The first kappa shape index (κ1) is 20.0. The van der Waals surface area contributed by atoms with Crippen molar-refractivity contribution in [1.29, 1.82) is 0 Å². The highest BCUT2D eigenvalue weighted by atomic mass is 32.2. The third-order valence-corrected chi connectivity index (χ3v) is 5.11. The van der Waals surface area contributed by atoms with Crippen LogP contribution in [0.15, 0.2) is 46.9 Å².